The van der Waals surface area contributed by atoms with Crippen molar-refractivity contribution in [3.63, 3.8) is 0 Å². The van der Waals surface area contributed by atoms with Crippen LogP contribution in [-0.4, -0.2) is 31.1 Å². The minimum Gasteiger partial charge on any atom is -0.494 e. The van der Waals surface area contributed by atoms with Crippen LogP contribution in [0.4, 0.5) is 0 Å². The van der Waals surface area contributed by atoms with Gasteiger partial charge in [-0.3, -0.25) is 0 Å². The third kappa shape index (κ3) is 4.22. The van der Waals surface area contributed by atoms with Crippen LogP contribution in [0, 0.1) is 5.92 Å². The van der Waals surface area contributed by atoms with E-state index in [1.54, 1.807) is 0 Å². The molecule has 112 valence electrons. The fraction of sp³-hybridized carbons (Fsp3) is 0.647. The van der Waals surface area contributed by atoms with Crippen LogP contribution in [-0.2, 0) is 0 Å². The van der Waals surface area contributed by atoms with Crippen molar-refractivity contribution in [2.45, 2.75) is 45.2 Å². The van der Waals surface area contributed by atoms with Gasteiger partial charge in [0.25, 0.3) is 0 Å². The first-order chi connectivity index (χ1) is 9.61. The van der Waals surface area contributed by atoms with Gasteiger partial charge in [0.1, 0.15) is 5.75 Å². The van der Waals surface area contributed by atoms with Gasteiger partial charge >= 0.3 is 0 Å². The average Bonchev–Trinajstić information content (AvgIpc) is 3.29. The van der Waals surface area contributed by atoms with Crippen molar-refractivity contribution in [3.8, 4) is 5.75 Å². The standard InChI is InChI=1S/C17H28N2O/c1-4-11-20-16-9-7-15(8-10-16)17(18)12-19(3)13(2)14-5-6-14/h7-10,13-14,17H,4-6,11-12,18H2,1-3H3. The summed E-state index contributed by atoms with van der Waals surface area (Å²) in [7, 11) is 2.18. The van der Waals surface area contributed by atoms with Crippen molar-refractivity contribution in [3.05, 3.63) is 29.8 Å². The molecule has 2 N–H and O–H groups in total. The molecule has 0 radical (unpaired) electrons. The van der Waals surface area contributed by atoms with E-state index in [1.807, 2.05) is 12.1 Å². The van der Waals surface area contributed by atoms with Crippen LogP contribution in [0.5, 0.6) is 5.75 Å². The number of nitrogens with two attached hydrogens (primary N) is 1. The van der Waals surface area contributed by atoms with Gasteiger partial charge in [-0.25, -0.2) is 0 Å². The molecular weight excluding hydrogens is 248 g/mol. The third-order valence-corrected chi connectivity index (χ3v) is 4.27. The zero-order chi connectivity index (χ0) is 14.5. The Morgan fingerprint density at radius 1 is 1.30 bits per heavy atom. The van der Waals surface area contributed by atoms with Gasteiger partial charge in [-0.2, -0.15) is 0 Å². The molecule has 0 aromatic heterocycles. The quantitative estimate of drug-likeness (QED) is 0.792. The summed E-state index contributed by atoms with van der Waals surface area (Å²) >= 11 is 0. The molecule has 1 fully saturated rings. The summed E-state index contributed by atoms with van der Waals surface area (Å²) in [6.45, 7) is 6.10. The summed E-state index contributed by atoms with van der Waals surface area (Å²) in [6.07, 6.45) is 3.79. The lowest BCUT2D eigenvalue weighted by molar-refractivity contribution is 0.221. The highest BCUT2D eigenvalue weighted by Gasteiger charge is 2.30. The monoisotopic (exact) mass is 276 g/mol. The van der Waals surface area contributed by atoms with Gasteiger partial charge in [0.15, 0.2) is 0 Å². The zero-order valence-corrected chi connectivity index (χ0v) is 13.0. The van der Waals surface area contributed by atoms with Crippen LogP contribution in [0.2, 0.25) is 0 Å². The Morgan fingerprint density at radius 2 is 1.95 bits per heavy atom. The van der Waals surface area contributed by atoms with Crippen molar-refractivity contribution < 1.29 is 4.74 Å². The van der Waals surface area contributed by atoms with Crippen molar-refractivity contribution >= 4 is 0 Å². The fourth-order valence-corrected chi connectivity index (χ4v) is 2.55. The maximum Gasteiger partial charge on any atom is 0.119 e. The minimum atomic E-state index is 0.0708. The Morgan fingerprint density at radius 3 is 2.50 bits per heavy atom. The van der Waals surface area contributed by atoms with Gasteiger partial charge in [-0.15, -0.1) is 0 Å². The topological polar surface area (TPSA) is 38.5 Å². The van der Waals surface area contributed by atoms with Crippen molar-refractivity contribution in [2.75, 3.05) is 20.2 Å². The smallest absolute Gasteiger partial charge is 0.119 e. The lowest BCUT2D eigenvalue weighted by Crippen LogP contribution is -2.36. The molecule has 2 atom stereocenters. The molecular formula is C17H28N2O. The summed E-state index contributed by atoms with van der Waals surface area (Å²) in [6, 6.07) is 8.94. The number of hydrogen-bond acceptors (Lipinski definition) is 3. The molecule has 20 heavy (non-hydrogen) atoms. The second-order valence-corrected chi connectivity index (χ2v) is 6.04. The Balaban J connectivity index is 1.86. The van der Waals surface area contributed by atoms with E-state index in [0.29, 0.717) is 6.04 Å². The third-order valence-electron chi connectivity index (χ3n) is 4.27. The van der Waals surface area contributed by atoms with Crippen LogP contribution in [0.3, 0.4) is 0 Å². The largest absolute Gasteiger partial charge is 0.494 e. The maximum absolute atomic E-state index is 6.32. The molecule has 1 aromatic carbocycles. The minimum absolute atomic E-state index is 0.0708. The first-order valence-electron chi connectivity index (χ1n) is 7.80. The number of nitrogens with zero attached hydrogens (tertiary/aromatic N) is 1. The lowest BCUT2D eigenvalue weighted by atomic mass is 10.1. The molecule has 0 heterocycles. The molecule has 1 aliphatic carbocycles. The molecule has 1 aliphatic rings. The van der Waals surface area contributed by atoms with Gasteiger partial charge < -0.3 is 15.4 Å². The molecule has 3 heteroatoms. The second kappa shape index (κ2) is 7.09. The lowest BCUT2D eigenvalue weighted by Gasteiger charge is -2.27. The highest BCUT2D eigenvalue weighted by Crippen LogP contribution is 2.35. The number of ether oxygens (including phenoxy) is 1. The Kier molecular flexibility index (Phi) is 5.44. The molecule has 0 amide bonds. The number of rotatable bonds is 8. The van der Waals surface area contributed by atoms with Gasteiger partial charge in [-0.05, 0) is 56.8 Å². The van der Waals surface area contributed by atoms with Crippen molar-refractivity contribution in [1.82, 2.24) is 4.90 Å². The van der Waals surface area contributed by atoms with E-state index in [1.165, 1.54) is 18.4 Å². The van der Waals surface area contributed by atoms with E-state index in [4.69, 9.17) is 10.5 Å². The molecule has 0 saturated heterocycles. The first-order valence-corrected chi connectivity index (χ1v) is 7.80. The van der Waals surface area contributed by atoms with Crippen LogP contribution in [0.15, 0.2) is 24.3 Å². The van der Waals surface area contributed by atoms with Crippen LogP contribution >= 0.6 is 0 Å². The molecule has 3 nitrogen and oxygen atoms in total. The number of likely N-dealkylation sites (N-methyl/N-ethyl adjacent to an activating group) is 1. The second-order valence-electron chi connectivity index (χ2n) is 6.04. The SMILES string of the molecule is CCCOc1ccc(C(N)CN(C)C(C)C2CC2)cc1. The van der Waals surface area contributed by atoms with E-state index >= 15 is 0 Å². The first kappa shape index (κ1) is 15.3. The zero-order valence-electron chi connectivity index (χ0n) is 13.0. The average molecular weight is 276 g/mol. The molecule has 1 saturated carbocycles. The summed E-state index contributed by atoms with van der Waals surface area (Å²) < 4.78 is 5.60. The Labute approximate surface area is 123 Å². The predicted molar refractivity (Wildman–Crippen MR) is 84.0 cm³/mol. The van der Waals surface area contributed by atoms with Crippen LogP contribution in [0.25, 0.3) is 0 Å². The normalized spacial score (nSPS) is 18.1. The van der Waals surface area contributed by atoms with Gasteiger partial charge in [0.05, 0.1) is 6.61 Å². The summed E-state index contributed by atoms with van der Waals surface area (Å²) in [4.78, 5) is 2.39. The van der Waals surface area contributed by atoms with E-state index < -0.39 is 0 Å². The van der Waals surface area contributed by atoms with Crippen LogP contribution in [0.1, 0.15) is 44.7 Å². The predicted octanol–water partition coefficient (Wildman–Crippen LogP) is 3.21. The summed E-state index contributed by atoms with van der Waals surface area (Å²) in [5.74, 6) is 1.82. The van der Waals surface area contributed by atoms with E-state index in [0.717, 1.165) is 31.2 Å². The molecule has 1 aromatic rings. The van der Waals surface area contributed by atoms with E-state index in [2.05, 4.69) is 37.9 Å². The van der Waals surface area contributed by atoms with Gasteiger partial charge in [0, 0.05) is 18.6 Å². The fourth-order valence-electron chi connectivity index (χ4n) is 2.55. The molecule has 0 spiro atoms. The maximum atomic E-state index is 6.32. The van der Waals surface area contributed by atoms with E-state index in [-0.39, 0.29) is 6.04 Å². The molecule has 0 bridgehead atoms. The van der Waals surface area contributed by atoms with Crippen molar-refractivity contribution in [2.24, 2.45) is 11.7 Å². The highest BCUT2D eigenvalue weighted by molar-refractivity contribution is 5.29. The molecule has 2 unspecified atom stereocenters. The molecule has 0 aliphatic heterocycles. The van der Waals surface area contributed by atoms with E-state index in [9.17, 15) is 0 Å². The number of hydrogen-bond donors (Lipinski definition) is 1. The molecule has 2 rings (SSSR count). The number of benzene rings is 1. The summed E-state index contributed by atoms with van der Waals surface area (Å²) in [5, 5.41) is 0. The van der Waals surface area contributed by atoms with Gasteiger partial charge in [-0.1, -0.05) is 19.1 Å². The van der Waals surface area contributed by atoms with Crippen LogP contribution < -0.4 is 10.5 Å². The summed E-state index contributed by atoms with van der Waals surface area (Å²) in [5.41, 5.74) is 7.51. The van der Waals surface area contributed by atoms with Crippen molar-refractivity contribution in [1.29, 1.82) is 0 Å². The van der Waals surface area contributed by atoms with Gasteiger partial charge in [0.2, 0.25) is 0 Å². The Bertz CT molecular complexity index is 400. The highest BCUT2D eigenvalue weighted by atomic mass is 16.5. The Hall–Kier alpha value is -1.06.